The van der Waals surface area contributed by atoms with Crippen molar-refractivity contribution in [3.63, 3.8) is 0 Å². The van der Waals surface area contributed by atoms with E-state index >= 15 is 0 Å². The predicted octanol–water partition coefficient (Wildman–Crippen LogP) is 8.56. The number of nitrogens with one attached hydrogen (secondary N) is 1. The van der Waals surface area contributed by atoms with Crippen molar-refractivity contribution in [2.24, 2.45) is 45.8 Å². The summed E-state index contributed by atoms with van der Waals surface area (Å²) >= 11 is 0. The van der Waals surface area contributed by atoms with Crippen molar-refractivity contribution < 1.29 is 13.6 Å². The Labute approximate surface area is 234 Å². The smallest absolute Gasteiger partial charge is 0.321 e. The van der Waals surface area contributed by atoms with Gasteiger partial charge >= 0.3 is 5.92 Å². The lowest BCUT2D eigenvalue weighted by Crippen LogP contribution is -2.66. The number of nitrogens with zero attached hydrogens (tertiary/aromatic N) is 1. The zero-order valence-corrected chi connectivity index (χ0v) is 25.1. The molecule has 3 saturated carbocycles. The minimum Gasteiger partial charge on any atom is -0.345 e. The highest BCUT2D eigenvalue weighted by molar-refractivity contribution is 5.83. The second-order valence-electron chi connectivity index (χ2n) is 14.7. The summed E-state index contributed by atoms with van der Waals surface area (Å²) in [5.41, 5.74) is 2.15. The third-order valence-electron chi connectivity index (χ3n) is 11.5. The number of rotatable bonds is 5. The fourth-order valence-electron chi connectivity index (χ4n) is 9.41. The van der Waals surface area contributed by atoms with Gasteiger partial charge in [-0.1, -0.05) is 70.6 Å². The van der Waals surface area contributed by atoms with Gasteiger partial charge in [0.15, 0.2) is 0 Å². The fourth-order valence-corrected chi connectivity index (χ4v) is 9.41. The van der Waals surface area contributed by atoms with Gasteiger partial charge in [0.1, 0.15) is 0 Å². The molecule has 8 atom stereocenters. The highest BCUT2D eigenvalue weighted by Gasteiger charge is 2.63. The molecule has 0 saturated heterocycles. The molecule has 0 bridgehead atoms. The second kappa shape index (κ2) is 9.71. The first-order chi connectivity index (χ1) is 17.9. The quantitative estimate of drug-likeness (QED) is 0.282. The molecule has 5 heteroatoms. The third kappa shape index (κ3) is 4.85. The normalized spacial score (nSPS) is 40.7. The van der Waals surface area contributed by atoms with Gasteiger partial charge in [-0.05, 0) is 92.3 Å². The fraction of sp³-hybridized carbons (Fsp3) is 0.706. The van der Waals surface area contributed by atoms with E-state index in [0.29, 0.717) is 31.1 Å². The summed E-state index contributed by atoms with van der Waals surface area (Å²) in [4.78, 5) is 12.7. The average molecular weight is 539 g/mol. The molecule has 0 radical (unpaired) electrons. The van der Waals surface area contributed by atoms with Crippen molar-refractivity contribution in [3.8, 4) is 6.07 Å². The summed E-state index contributed by atoms with van der Waals surface area (Å²) in [7, 11) is 0. The lowest BCUT2D eigenvalue weighted by Gasteiger charge is -2.65. The van der Waals surface area contributed by atoms with Gasteiger partial charge in [0.25, 0.3) is 5.91 Å². The number of alkyl halides is 2. The number of carbonyl (C=O) groups is 1. The number of carbonyl (C=O) groups excluding carboxylic acids is 1. The van der Waals surface area contributed by atoms with E-state index < -0.39 is 17.4 Å². The monoisotopic (exact) mass is 538 g/mol. The molecule has 39 heavy (non-hydrogen) atoms. The minimum atomic E-state index is -3.40. The highest BCUT2D eigenvalue weighted by Crippen LogP contribution is 2.68. The Bertz CT molecular complexity index is 1150. The van der Waals surface area contributed by atoms with Crippen LogP contribution in [-0.2, 0) is 4.79 Å². The van der Waals surface area contributed by atoms with Crippen LogP contribution in [0.15, 0.2) is 48.1 Å². The standard InChI is InChI=1S/C34H48F2N2O/c1-10-22(3)24-11-13-31(7)25-12-14-34(38-29(39)33(9,35)36)16-15-30(5,6)19-26(34)28(25)23(4)17-27(31)32(24,8)18-21(2)20-37/h10,17-18,22,24-26,28H,1,4,11-16,19H2,2-3,5-9H3,(H,38,39)/b21-18+. The molecular weight excluding hydrogens is 490 g/mol. The Kier molecular flexibility index (Phi) is 7.40. The van der Waals surface area contributed by atoms with Gasteiger partial charge in [-0.25, -0.2) is 0 Å². The number of allylic oxidation sites excluding steroid dienone is 6. The summed E-state index contributed by atoms with van der Waals surface area (Å²) in [6.07, 6.45) is 12.7. The van der Waals surface area contributed by atoms with Gasteiger partial charge in [-0.15, -0.1) is 6.58 Å². The first-order valence-corrected chi connectivity index (χ1v) is 14.8. The summed E-state index contributed by atoms with van der Waals surface area (Å²) in [6.45, 7) is 22.7. The van der Waals surface area contributed by atoms with Crippen molar-refractivity contribution >= 4 is 5.91 Å². The number of hydrogen-bond donors (Lipinski definition) is 1. The molecule has 4 rings (SSSR count). The summed E-state index contributed by atoms with van der Waals surface area (Å²) < 4.78 is 28.3. The van der Waals surface area contributed by atoms with Crippen LogP contribution in [-0.4, -0.2) is 17.4 Å². The van der Waals surface area contributed by atoms with Crippen molar-refractivity contribution in [3.05, 3.63) is 48.1 Å². The molecule has 0 aromatic heterocycles. The molecule has 4 aliphatic rings. The Morgan fingerprint density at radius 1 is 1.18 bits per heavy atom. The molecule has 3 fully saturated rings. The SMILES string of the molecule is C=CC(C)C1CCC2(C)C(=CC(=C)C3C4CC(C)(C)CCC4(NC(=O)C(C)(F)F)CCC32)C1(C)/C=C(\C)C#N. The zero-order valence-electron chi connectivity index (χ0n) is 25.1. The molecule has 0 spiro atoms. The van der Waals surface area contributed by atoms with Crippen molar-refractivity contribution in [1.29, 1.82) is 5.26 Å². The Hall–Kier alpha value is -2.22. The largest absolute Gasteiger partial charge is 0.345 e. The third-order valence-corrected chi connectivity index (χ3v) is 11.5. The number of fused-ring (bicyclic) bond motifs is 5. The van der Waals surface area contributed by atoms with E-state index in [2.05, 4.69) is 71.3 Å². The first-order valence-electron chi connectivity index (χ1n) is 14.8. The van der Waals surface area contributed by atoms with Crippen molar-refractivity contribution in [2.45, 2.75) is 105 Å². The predicted molar refractivity (Wildman–Crippen MR) is 154 cm³/mol. The maximum Gasteiger partial charge on any atom is 0.321 e. The van der Waals surface area contributed by atoms with Gasteiger partial charge in [-0.3, -0.25) is 4.79 Å². The van der Waals surface area contributed by atoms with Gasteiger partial charge in [0, 0.05) is 23.5 Å². The molecular formula is C34H48F2N2O. The van der Waals surface area contributed by atoms with Crippen molar-refractivity contribution in [1.82, 2.24) is 5.32 Å². The lowest BCUT2D eigenvalue weighted by atomic mass is 9.41. The molecule has 0 aromatic rings. The maximum absolute atomic E-state index is 14.1. The Balaban J connectivity index is 1.84. The van der Waals surface area contributed by atoms with E-state index in [4.69, 9.17) is 0 Å². The topological polar surface area (TPSA) is 52.9 Å². The molecule has 3 nitrogen and oxygen atoms in total. The van der Waals surface area contributed by atoms with Crippen LogP contribution in [0.1, 0.15) is 93.4 Å². The molecule has 0 aliphatic heterocycles. The minimum absolute atomic E-state index is 0.0564. The molecule has 4 aliphatic carbocycles. The van der Waals surface area contributed by atoms with Gasteiger partial charge < -0.3 is 5.32 Å². The van der Waals surface area contributed by atoms with E-state index in [1.54, 1.807) is 0 Å². The first kappa shape index (κ1) is 29.8. The van der Waals surface area contributed by atoms with Crippen LogP contribution >= 0.6 is 0 Å². The van der Waals surface area contributed by atoms with E-state index in [9.17, 15) is 18.8 Å². The van der Waals surface area contributed by atoms with Gasteiger partial charge in [-0.2, -0.15) is 14.0 Å². The van der Waals surface area contributed by atoms with Crippen molar-refractivity contribution in [2.75, 3.05) is 0 Å². The molecule has 0 aromatic carbocycles. The van der Waals surface area contributed by atoms with Gasteiger partial charge in [0.05, 0.1) is 6.07 Å². The van der Waals surface area contributed by atoms with Crippen LogP contribution in [0.4, 0.5) is 8.78 Å². The number of halogens is 2. The van der Waals surface area contributed by atoms with Crippen LogP contribution in [0.2, 0.25) is 0 Å². The van der Waals surface area contributed by atoms with E-state index in [1.165, 1.54) is 5.57 Å². The summed E-state index contributed by atoms with van der Waals surface area (Å²) in [6, 6.07) is 2.36. The molecule has 1 N–H and O–H groups in total. The number of hydrogen-bond acceptors (Lipinski definition) is 2. The van der Waals surface area contributed by atoms with Crippen LogP contribution < -0.4 is 5.32 Å². The highest BCUT2D eigenvalue weighted by atomic mass is 19.3. The van der Waals surface area contributed by atoms with E-state index in [0.717, 1.165) is 49.7 Å². The molecule has 1 amide bonds. The molecule has 214 valence electrons. The number of nitriles is 1. The van der Waals surface area contributed by atoms with Gasteiger partial charge in [0.2, 0.25) is 0 Å². The second-order valence-corrected chi connectivity index (χ2v) is 14.7. The van der Waals surface area contributed by atoms with E-state index in [-0.39, 0.29) is 28.1 Å². The number of amides is 1. The Morgan fingerprint density at radius 2 is 1.85 bits per heavy atom. The zero-order chi connectivity index (χ0) is 29.2. The average Bonchev–Trinajstić information content (AvgIpc) is 2.84. The van der Waals surface area contributed by atoms with Crippen LogP contribution in [0.25, 0.3) is 0 Å². The molecule has 0 heterocycles. The van der Waals surface area contributed by atoms with Crippen LogP contribution in [0.3, 0.4) is 0 Å². The lowest BCUT2D eigenvalue weighted by molar-refractivity contribution is -0.150. The molecule has 8 unspecified atom stereocenters. The van der Waals surface area contributed by atoms with E-state index in [1.807, 2.05) is 13.0 Å². The summed E-state index contributed by atoms with van der Waals surface area (Å²) in [5, 5.41) is 12.7. The van der Waals surface area contributed by atoms with Crippen LogP contribution in [0, 0.1) is 57.2 Å². The summed E-state index contributed by atoms with van der Waals surface area (Å²) in [5.74, 6) is -3.46. The maximum atomic E-state index is 14.1. The Morgan fingerprint density at radius 3 is 2.44 bits per heavy atom. The van der Waals surface area contributed by atoms with Crippen LogP contribution in [0.5, 0.6) is 0 Å².